The van der Waals surface area contributed by atoms with Crippen LogP contribution in [-0.2, 0) is 11.2 Å². The van der Waals surface area contributed by atoms with Crippen LogP contribution in [-0.4, -0.2) is 28.1 Å². The second-order valence-corrected chi connectivity index (χ2v) is 6.71. The van der Waals surface area contributed by atoms with Gasteiger partial charge in [-0.2, -0.15) is 0 Å². The van der Waals surface area contributed by atoms with E-state index in [2.05, 4.69) is 34.7 Å². The summed E-state index contributed by atoms with van der Waals surface area (Å²) in [6, 6.07) is 8.11. The molecule has 2 N–H and O–H groups in total. The van der Waals surface area contributed by atoms with Gasteiger partial charge in [0.1, 0.15) is 11.0 Å². The Morgan fingerprint density at radius 3 is 2.48 bits per heavy atom. The summed E-state index contributed by atoms with van der Waals surface area (Å²) in [7, 11) is 0. The first-order valence-corrected chi connectivity index (χ1v) is 8.26. The van der Waals surface area contributed by atoms with E-state index in [1.165, 1.54) is 11.3 Å². The zero-order valence-electron chi connectivity index (χ0n) is 13.4. The van der Waals surface area contributed by atoms with E-state index in [0.717, 1.165) is 11.4 Å². The molecule has 0 spiro atoms. The molecule has 0 aliphatic rings. The van der Waals surface area contributed by atoms with Crippen LogP contribution in [0, 0.1) is 5.92 Å². The van der Waals surface area contributed by atoms with Gasteiger partial charge >= 0.3 is 0 Å². The van der Waals surface area contributed by atoms with Gasteiger partial charge in [0, 0.05) is 12.0 Å². The minimum absolute atomic E-state index is 0.286. The topological polar surface area (TPSA) is 84.0 Å². The van der Waals surface area contributed by atoms with Crippen molar-refractivity contribution in [3.63, 3.8) is 0 Å². The first-order chi connectivity index (χ1) is 11.0. The van der Waals surface area contributed by atoms with E-state index in [1.54, 1.807) is 31.2 Å². The number of anilines is 1. The van der Waals surface area contributed by atoms with Crippen LogP contribution in [0.3, 0.4) is 0 Å². The monoisotopic (exact) mass is 332 g/mol. The maximum absolute atomic E-state index is 12.1. The van der Waals surface area contributed by atoms with Gasteiger partial charge in [0.25, 0.3) is 5.91 Å². The lowest BCUT2D eigenvalue weighted by atomic mass is 10.1. The molecule has 2 aromatic rings. The van der Waals surface area contributed by atoms with E-state index < -0.39 is 6.04 Å². The predicted octanol–water partition coefficient (Wildman–Crippen LogP) is 2.49. The largest absolute Gasteiger partial charge is 0.341 e. The molecule has 0 fully saturated rings. The average Bonchev–Trinajstić information content (AvgIpc) is 2.94. The van der Waals surface area contributed by atoms with Gasteiger partial charge in [0.15, 0.2) is 0 Å². The lowest BCUT2D eigenvalue weighted by Gasteiger charge is -2.12. The fourth-order valence-electron chi connectivity index (χ4n) is 1.88. The standard InChI is InChI=1S/C16H20N4O2S/c1-10(2)9-13-19-20-16(23-13)18-14(21)11(3)17-15(22)12-7-5-4-6-8-12/h4-8,10-11H,9H2,1-3H3,(H,17,22)(H,18,20,21). The van der Waals surface area contributed by atoms with Crippen LogP contribution in [0.2, 0.25) is 0 Å². The number of benzene rings is 1. The van der Waals surface area contributed by atoms with Crippen molar-refractivity contribution in [3.05, 3.63) is 40.9 Å². The molecule has 1 unspecified atom stereocenters. The van der Waals surface area contributed by atoms with Gasteiger partial charge in [0.05, 0.1) is 0 Å². The molecule has 2 rings (SSSR count). The number of amides is 2. The fraction of sp³-hybridized carbons (Fsp3) is 0.375. The third kappa shape index (κ3) is 5.14. The van der Waals surface area contributed by atoms with Gasteiger partial charge < -0.3 is 5.32 Å². The average molecular weight is 332 g/mol. The zero-order valence-corrected chi connectivity index (χ0v) is 14.2. The number of nitrogens with zero attached hydrogens (tertiary/aromatic N) is 2. The van der Waals surface area contributed by atoms with E-state index in [4.69, 9.17) is 0 Å². The molecule has 1 aromatic carbocycles. The Balaban J connectivity index is 1.90. The van der Waals surface area contributed by atoms with Gasteiger partial charge in [-0.25, -0.2) is 0 Å². The van der Waals surface area contributed by atoms with Crippen LogP contribution in [0.25, 0.3) is 0 Å². The van der Waals surface area contributed by atoms with Crippen molar-refractivity contribution in [3.8, 4) is 0 Å². The van der Waals surface area contributed by atoms with Crippen LogP contribution in [0.5, 0.6) is 0 Å². The minimum atomic E-state index is -0.667. The van der Waals surface area contributed by atoms with Gasteiger partial charge in [-0.3, -0.25) is 14.9 Å². The molecule has 0 saturated heterocycles. The number of hydrogen-bond acceptors (Lipinski definition) is 5. The lowest BCUT2D eigenvalue weighted by Crippen LogP contribution is -2.41. The quantitative estimate of drug-likeness (QED) is 0.851. The Kier molecular flexibility index (Phi) is 5.81. The molecule has 0 bridgehead atoms. The summed E-state index contributed by atoms with van der Waals surface area (Å²) in [6.07, 6.45) is 0.827. The number of aromatic nitrogens is 2. The first kappa shape index (κ1) is 17.1. The SMILES string of the molecule is CC(C)Cc1nnc(NC(=O)C(C)NC(=O)c2ccccc2)s1. The second-order valence-electron chi connectivity index (χ2n) is 5.65. The van der Waals surface area contributed by atoms with Crippen molar-refractivity contribution in [2.24, 2.45) is 5.92 Å². The first-order valence-electron chi connectivity index (χ1n) is 7.45. The molecule has 1 aromatic heterocycles. The maximum atomic E-state index is 12.1. The van der Waals surface area contributed by atoms with Crippen molar-refractivity contribution in [2.75, 3.05) is 5.32 Å². The van der Waals surface area contributed by atoms with Crippen molar-refractivity contribution in [1.29, 1.82) is 0 Å². The number of carbonyl (C=O) groups is 2. The van der Waals surface area contributed by atoms with Gasteiger partial charge in [0.2, 0.25) is 11.0 Å². The third-order valence-electron chi connectivity index (χ3n) is 3.06. The van der Waals surface area contributed by atoms with E-state index >= 15 is 0 Å². The molecule has 7 heteroatoms. The van der Waals surface area contributed by atoms with Gasteiger partial charge in [-0.05, 0) is 25.0 Å². The van der Waals surface area contributed by atoms with Crippen LogP contribution in [0.4, 0.5) is 5.13 Å². The summed E-state index contributed by atoms with van der Waals surface area (Å²) in [4.78, 5) is 24.1. The Labute approximate surface area is 139 Å². The number of carbonyl (C=O) groups excluding carboxylic acids is 2. The molecule has 122 valence electrons. The summed E-state index contributed by atoms with van der Waals surface area (Å²) in [6.45, 7) is 5.83. The number of rotatable bonds is 6. The highest BCUT2D eigenvalue weighted by molar-refractivity contribution is 7.15. The third-order valence-corrected chi connectivity index (χ3v) is 3.92. The molecule has 2 amide bonds. The second kappa shape index (κ2) is 7.82. The highest BCUT2D eigenvalue weighted by atomic mass is 32.1. The summed E-state index contributed by atoms with van der Waals surface area (Å²) < 4.78 is 0. The highest BCUT2D eigenvalue weighted by Gasteiger charge is 2.18. The Hall–Kier alpha value is -2.28. The van der Waals surface area contributed by atoms with Crippen LogP contribution >= 0.6 is 11.3 Å². The number of nitrogens with one attached hydrogen (secondary N) is 2. The molecule has 1 heterocycles. The van der Waals surface area contributed by atoms with E-state index in [-0.39, 0.29) is 11.8 Å². The molecule has 0 aliphatic carbocycles. The highest BCUT2D eigenvalue weighted by Crippen LogP contribution is 2.18. The van der Waals surface area contributed by atoms with E-state index in [0.29, 0.717) is 16.6 Å². The lowest BCUT2D eigenvalue weighted by molar-refractivity contribution is -0.117. The zero-order chi connectivity index (χ0) is 16.8. The van der Waals surface area contributed by atoms with Crippen LogP contribution < -0.4 is 10.6 Å². The van der Waals surface area contributed by atoms with Crippen molar-refractivity contribution >= 4 is 28.3 Å². The smallest absolute Gasteiger partial charge is 0.251 e. The van der Waals surface area contributed by atoms with Gasteiger partial charge in [-0.15, -0.1) is 10.2 Å². The van der Waals surface area contributed by atoms with Crippen LogP contribution in [0.1, 0.15) is 36.1 Å². The fourth-order valence-corrected chi connectivity index (χ4v) is 2.84. The molecule has 23 heavy (non-hydrogen) atoms. The molecular formula is C16H20N4O2S. The minimum Gasteiger partial charge on any atom is -0.341 e. The molecule has 0 saturated carbocycles. The van der Waals surface area contributed by atoms with Crippen molar-refractivity contribution in [1.82, 2.24) is 15.5 Å². The molecule has 1 atom stereocenters. The maximum Gasteiger partial charge on any atom is 0.251 e. The number of hydrogen-bond donors (Lipinski definition) is 2. The normalized spacial score (nSPS) is 12.0. The molecule has 0 aliphatic heterocycles. The van der Waals surface area contributed by atoms with Gasteiger partial charge in [-0.1, -0.05) is 43.4 Å². The van der Waals surface area contributed by atoms with Crippen molar-refractivity contribution < 1.29 is 9.59 Å². The molecule has 6 nitrogen and oxygen atoms in total. The predicted molar refractivity (Wildman–Crippen MR) is 90.5 cm³/mol. The summed E-state index contributed by atoms with van der Waals surface area (Å²) >= 11 is 1.36. The Morgan fingerprint density at radius 1 is 1.13 bits per heavy atom. The summed E-state index contributed by atoms with van der Waals surface area (Å²) in [5.41, 5.74) is 0.516. The van der Waals surface area contributed by atoms with E-state index in [9.17, 15) is 9.59 Å². The Morgan fingerprint density at radius 2 is 1.83 bits per heavy atom. The van der Waals surface area contributed by atoms with E-state index in [1.807, 2.05) is 6.07 Å². The molecular weight excluding hydrogens is 312 g/mol. The summed E-state index contributed by atoms with van der Waals surface area (Å²) in [5, 5.41) is 14.7. The summed E-state index contributed by atoms with van der Waals surface area (Å²) in [5.74, 6) is -0.122. The van der Waals surface area contributed by atoms with Crippen molar-refractivity contribution in [2.45, 2.75) is 33.2 Å². The molecule has 0 radical (unpaired) electrons. The Bertz CT molecular complexity index is 670. The van der Waals surface area contributed by atoms with Crippen LogP contribution in [0.15, 0.2) is 30.3 Å².